The highest BCUT2D eigenvalue weighted by molar-refractivity contribution is 6.02. The second kappa shape index (κ2) is 8.55. The van der Waals surface area contributed by atoms with E-state index >= 15 is 0 Å². The topological polar surface area (TPSA) is 0 Å². The van der Waals surface area contributed by atoms with Gasteiger partial charge in [0, 0.05) is 0 Å². The lowest BCUT2D eigenvalue weighted by atomic mass is 9.70. The second-order valence-electron chi connectivity index (χ2n) is 12.2. The molecule has 0 amide bonds. The van der Waals surface area contributed by atoms with Crippen molar-refractivity contribution in [3.05, 3.63) is 134 Å². The summed E-state index contributed by atoms with van der Waals surface area (Å²) in [5.74, 6) is 0.465. The Hall–Kier alpha value is -3.90. The summed E-state index contributed by atoms with van der Waals surface area (Å²) in [6.07, 6.45) is 17.5. The third-order valence-electron chi connectivity index (χ3n) is 9.88. The van der Waals surface area contributed by atoms with Gasteiger partial charge in [0.2, 0.25) is 0 Å². The van der Waals surface area contributed by atoms with Gasteiger partial charge in [-0.05, 0) is 114 Å². The Balaban J connectivity index is 1.54. The van der Waals surface area contributed by atoms with Crippen LogP contribution in [0.4, 0.5) is 0 Å². The summed E-state index contributed by atoms with van der Waals surface area (Å²) >= 11 is 0. The predicted octanol–water partition coefficient (Wildman–Crippen LogP) is 6.64. The Bertz CT molecular complexity index is 2010. The van der Waals surface area contributed by atoms with Crippen molar-refractivity contribution in [3.8, 4) is 0 Å². The molecule has 4 aliphatic rings. The molecule has 0 aliphatic heterocycles. The largest absolute Gasteiger partial charge is 0.0842 e. The monoisotopic (exact) mass is 502 g/mol. The molecule has 4 aromatic rings. The van der Waals surface area contributed by atoms with Crippen molar-refractivity contribution < 1.29 is 0 Å². The Kier molecular flexibility index (Phi) is 5.05. The molecule has 0 radical (unpaired) electrons. The van der Waals surface area contributed by atoms with Crippen LogP contribution in [-0.2, 0) is 5.41 Å². The standard InChI is InChI=1S/C39H34/c1-39(2)34-23-13-12-22-32(34)38-27-17-7-6-16-26(27)33(24-35(38)39)37-30-20-10-8-18-28(30)36(25-14-4-3-5-15-25)29-19-9-11-21-31(29)37/h3-4,6-8,10,12-14,16-23,35H,5,9,11,15,24H2,1-2H3. The zero-order valence-corrected chi connectivity index (χ0v) is 22.9. The molecule has 0 fully saturated rings. The van der Waals surface area contributed by atoms with Crippen LogP contribution in [0.2, 0.25) is 0 Å². The maximum atomic E-state index is 2.54. The molecule has 0 heteroatoms. The molecular formula is C39H34. The van der Waals surface area contributed by atoms with Crippen LogP contribution < -0.4 is 20.9 Å². The smallest absolute Gasteiger partial charge is 0.00168 e. The fourth-order valence-corrected chi connectivity index (χ4v) is 8.08. The molecule has 0 spiro atoms. The Morgan fingerprint density at radius 1 is 0.692 bits per heavy atom. The molecule has 0 nitrogen and oxygen atoms in total. The number of fused-ring (bicyclic) bond motifs is 6. The molecule has 8 rings (SSSR count). The maximum Gasteiger partial charge on any atom is -0.00168 e. The SMILES string of the molecule is CC1(C)c2ccccc2C2=c3ccccc3=C(c3c4c(c(C5=CC=CCC5)c5ccccc35)=CCCC=4)CC21. The zero-order valence-electron chi connectivity index (χ0n) is 22.9. The average molecular weight is 503 g/mol. The second-order valence-corrected chi connectivity index (χ2v) is 12.2. The van der Waals surface area contributed by atoms with Crippen molar-refractivity contribution >= 4 is 39.6 Å². The summed E-state index contributed by atoms with van der Waals surface area (Å²) in [4.78, 5) is 0. The van der Waals surface area contributed by atoms with E-state index in [2.05, 4.69) is 117 Å². The van der Waals surface area contributed by atoms with Gasteiger partial charge in [-0.1, -0.05) is 117 Å². The van der Waals surface area contributed by atoms with Gasteiger partial charge >= 0.3 is 0 Å². The minimum atomic E-state index is 0.0929. The molecule has 0 heterocycles. The number of allylic oxidation sites excluding steroid dienone is 4. The number of hydrogen-bond donors (Lipinski definition) is 0. The van der Waals surface area contributed by atoms with Gasteiger partial charge < -0.3 is 0 Å². The first-order chi connectivity index (χ1) is 19.1. The summed E-state index contributed by atoms with van der Waals surface area (Å²) in [7, 11) is 0. The van der Waals surface area contributed by atoms with E-state index in [0.717, 1.165) is 32.1 Å². The van der Waals surface area contributed by atoms with E-state index < -0.39 is 0 Å². The molecular weight excluding hydrogens is 468 g/mol. The van der Waals surface area contributed by atoms with Crippen LogP contribution >= 0.6 is 0 Å². The Labute approximate surface area is 230 Å². The molecule has 0 N–H and O–H groups in total. The first kappa shape index (κ1) is 23.0. The summed E-state index contributed by atoms with van der Waals surface area (Å²) in [5.41, 5.74) is 10.6. The molecule has 1 unspecified atom stereocenters. The van der Waals surface area contributed by atoms with E-state index in [-0.39, 0.29) is 5.41 Å². The van der Waals surface area contributed by atoms with Crippen molar-refractivity contribution in [1.82, 2.24) is 0 Å². The number of hydrogen-bond acceptors (Lipinski definition) is 0. The molecule has 4 aromatic carbocycles. The highest BCUT2D eigenvalue weighted by Crippen LogP contribution is 2.52. The minimum absolute atomic E-state index is 0.0929. The first-order valence-electron chi connectivity index (χ1n) is 14.7. The van der Waals surface area contributed by atoms with Gasteiger partial charge in [-0.15, -0.1) is 0 Å². The van der Waals surface area contributed by atoms with Crippen LogP contribution in [0.3, 0.4) is 0 Å². The lowest BCUT2D eigenvalue weighted by Crippen LogP contribution is -2.41. The maximum absolute atomic E-state index is 2.54. The molecule has 0 saturated carbocycles. The van der Waals surface area contributed by atoms with Gasteiger partial charge in [-0.25, -0.2) is 0 Å². The molecule has 0 bridgehead atoms. The van der Waals surface area contributed by atoms with Crippen molar-refractivity contribution in [3.63, 3.8) is 0 Å². The third-order valence-corrected chi connectivity index (χ3v) is 9.88. The lowest BCUT2D eigenvalue weighted by molar-refractivity contribution is 0.417. The minimum Gasteiger partial charge on any atom is -0.0842 e. The van der Waals surface area contributed by atoms with Crippen LogP contribution in [0.25, 0.3) is 39.6 Å². The number of rotatable bonds is 2. The van der Waals surface area contributed by atoms with Gasteiger partial charge in [0.05, 0.1) is 0 Å². The summed E-state index contributed by atoms with van der Waals surface area (Å²) < 4.78 is 0. The summed E-state index contributed by atoms with van der Waals surface area (Å²) in [5, 5.41) is 8.61. The fraction of sp³-hybridized carbons (Fsp3) is 0.231. The van der Waals surface area contributed by atoms with Crippen molar-refractivity contribution in [2.24, 2.45) is 5.92 Å². The van der Waals surface area contributed by atoms with E-state index in [0.29, 0.717) is 5.92 Å². The van der Waals surface area contributed by atoms with E-state index in [1.807, 2.05) is 0 Å². The molecule has 39 heavy (non-hydrogen) atoms. The first-order valence-corrected chi connectivity index (χ1v) is 14.7. The highest BCUT2D eigenvalue weighted by Gasteiger charge is 2.44. The normalized spacial score (nSPS) is 20.4. The molecule has 190 valence electrons. The number of benzene rings is 4. The summed E-state index contributed by atoms with van der Waals surface area (Å²) in [6.45, 7) is 4.93. The highest BCUT2D eigenvalue weighted by atomic mass is 14.5. The van der Waals surface area contributed by atoms with E-state index in [4.69, 9.17) is 0 Å². The average Bonchev–Trinajstić information content (AvgIpc) is 3.22. The fourth-order valence-electron chi connectivity index (χ4n) is 8.08. The lowest BCUT2D eigenvalue weighted by Gasteiger charge is -2.33. The molecule has 1 atom stereocenters. The molecule has 0 saturated heterocycles. The van der Waals surface area contributed by atoms with Crippen molar-refractivity contribution in [2.45, 2.75) is 51.4 Å². The Morgan fingerprint density at radius 2 is 1.36 bits per heavy atom. The Morgan fingerprint density at radius 3 is 2.13 bits per heavy atom. The van der Waals surface area contributed by atoms with Crippen LogP contribution in [0.5, 0.6) is 0 Å². The van der Waals surface area contributed by atoms with Gasteiger partial charge in [0.25, 0.3) is 0 Å². The van der Waals surface area contributed by atoms with Gasteiger partial charge in [0.1, 0.15) is 0 Å². The van der Waals surface area contributed by atoms with Gasteiger partial charge in [-0.2, -0.15) is 0 Å². The zero-order chi connectivity index (χ0) is 26.1. The summed E-state index contributed by atoms with van der Waals surface area (Å²) in [6, 6.07) is 27.6. The van der Waals surface area contributed by atoms with Crippen LogP contribution in [0, 0.1) is 5.92 Å². The van der Waals surface area contributed by atoms with E-state index in [1.165, 1.54) is 65.0 Å². The van der Waals surface area contributed by atoms with Crippen molar-refractivity contribution in [1.29, 1.82) is 0 Å². The van der Waals surface area contributed by atoms with Crippen LogP contribution in [-0.4, -0.2) is 0 Å². The predicted molar refractivity (Wildman–Crippen MR) is 166 cm³/mol. The van der Waals surface area contributed by atoms with E-state index in [9.17, 15) is 0 Å². The van der Waals surface area contributed by atoms with E-state index in [1.54, 1.807) is 5.57 Å². The van der Waals surface area contributed by atoms with Crippen molar-refractivity contribution in [2.75, 3.05) is 0 Å². The van der Waals surface area contributed by atoms with Gasteiger partial charge in [-0.3, -0.25) is 0 Å². The quantitative estimate of drug-likeness (QED) is 0.288. The molecule has 0 aromatic heterocycles. The van der Waals surface area contributed by atoms with Crippen LogP contribution in [0.15, 0.2) is 91.0 Å². The van der Waals surface area contributed by atoms with Crippen LogP contribution in [0.1, 0.15) is 68.2 Å². The van der Waals surface area contributed by atoms with Gasteiger partial charge in [0.15, 0.2) is 0 Å². The third kappa shape index (κ3) is 3.24. The molecule has 4 aliphatic carbocycles.